The topological polar surface area (TPSA) is 86.8 Å². The Morgan fingerprint density at radius 3 is 2.10 bits per heavy atom. The first kappa shape index (κ1) is 20.4. The van der Waals surface area contributed by atoms with Crippen LogP contribution in [0.25, 0.3) is 0 Å². The standard InChI is InChI=1S/C21H17Cl2N3O4/c1-21(15-8-7-12(22)11-16(15)23)19(29)26(20(30)24-21)10-4-9-25-17(27)13-5-2-3-6-14(13)18(25)28/h2-3,5-8,11H,4,9-10H2,1H3,(H,24,30)/t21-/m1/s1. The predicted molar refractivity (Wildman–Crippen MR) is 110 cm³/mol. The molecule has 2 aliphatic heterocycles. The van der Waals surface area contributed by atoms with Crippen LogP contribution in [-0.4, -0.2) is 46.6 Å². The first-order chi connectivity index (χ1) is 14.2. The fourth-order valence-corrected chi connectivity index (χ4v) is 4.40. The van der Waals surface area contributed by atoms with Gasteiger partial charge in [0.15, 0.2) is 0 Å². The molecule has 5 amide bonds. The number of halogens is 2. The summed E-state index contributed by atoms with van der Waals surface area (Å²) in [6, 6.07) is 10.8. The smallest absolute Gasteiger partial charge is 0.319 e. The molecule has 2 aromatic carbocycles. The summed E-state index contributed by atoms with van der Waals surface area (Å²) in [6.07, 6.45) is 0.259. The highest BCUT2D eigenvalue weighted by molar-refractivity contribution is 6.35. The molecule has 9 heteroatoms. The van der Waals surface area contributed by atoms with E-state index in [1.165, 1.54) is 6.07 Å². The molecular formula is C21H17Cl2N3O4. The lowest BCUT2D eigenvalue weighted by Crippen LogP contribution is -2.41. The van der Waals surface area contributed by atoms with Crippen LogP contribution >= 0.6 is 23.2 Å². The highest BCUT2D eigenvalue weighted by atomic mass is 35.5. The molecule has 0 bridgehead atoms. The normalized spacial score (nSPS) is 20.8. The second kappa shape index (κ2) is 7.41. The maximum Gasteiger partial charge on any atom is 0.325 e. The number of rotatable bonds is 5. The van der Waals surface area contributed by atoms with Gasteiger partial charge in [0.2, 0.25) is 0 Å². The fourth-order valence-electron chi connectivity index (χ4n) is 3.81. The maximum atomic E-state index is 13.0. The molecule has 7 nitrogen and oxygen atoms in total. The zero-order chi connectivity index (χ0) is 21.6. The Kier molecular flexibility index (Phi) is 5.03. The Balaban J connectivity index is 1.45. The van der Waals surface area contributed by atoms with Crippen LogP contribution < -0.4 is 5.32 Å². The first-order valence-corrected chi connectivity index (χ1v) is 10.0. The molecular weight excluding hydrogens is 429 g/mol. The van der Waals surface area contributed by atoms with Crippen molar-refractivity contribution in [1.82, 2.24) is 15.1 Å². The van der Waals surface area contributed by atoms with Crippen LogP contribution in [0, 0.1) is 0 Å². The molecule has 2 aliphatic rings. The van der Waals surface area contributed by atoms with Crippen molar-refractivity contribution in [3.63, 3.8) is 0 Å². The number of carbonyl (C=O) groups is 4. The molecule has 4 rings (SSSR count). The van der Waals surface area contributed by atoms with Gasteiger partial charge in [-0.3, -0.25) is 24.2 Å². The van der Waals surface area contributed by atoms with Gasteiger partial charge in [-0.25, -0.2) is 4.79 Å². The van der Waals surface area contributed by atoms with E-state index in [1.54, 1.807) is 43.3 Å². The molecule has 1 N–H and O–H groups in total. The fraction of sp³-hybridized carbons (Fsp3) is 0.238. The molecule has 30 heavy (non-hydrogen) atoms. The number of carbonyl (C=O) groups excluding carboxylic acids is 4. The Morgan fingerprint density at radius 1 is 0.900 bits per heavy atom. The number of imide groups is 2. The Hall–Kier alpha value is -2.90. The predicted octanol–water partition coefficient (Wildman–Crippen LogP) is 3.45. The van der Waals surface area contributed by atoms with Crippen LogP contribution in [0.1, 0.15) is 39.6 Å². The summed E-state index contributed by atoms with van der Waals surface area (Å²) in [5, 5.41) is 3.37. The molecule has 2 aromatic rings. The van der Waals surface area contributed by atoms with Crippen LogP contribution in [0.3, 0.4) is 0 Å². The van der Waals surface area contributed by atoms with Crippen molar-refractivity contribution in [2.45, 2.75) is 18.9 Å². The minimum Gasteiger partial charge on any atom is -0.319 e. The molecule has 0 radical (unpaired) electrons. The lowest BCUT2D eigenvalue weighted by molar-refractivity contribution is -0.131. The first-order valence-electron chi connectivity index (χ1n) is 9.29. The summed E-state index contributed by atoms with van der Waals surface area (Å²) in [4.78, 5) is 52.6. The van der Waals surface area contributed by atoms with Crippen LogP contribution in [0.15, 0.2) is 42.5 Å². The number of fused-ring (bicyclic) bond motifs is 1. The van der Waals surface area contributed by atoms with Crippen molar-refractivity contribution in [1.29, 1.82) is 0 Å². The minimum absolute atomic E-state index is 0.0544. The molecule has 0 saturated carbocycles. The van der Waals surface area contributed by atoms with E-state index in [9.17, 15) is 19.2 Å². The number of benzene rings is 2. The average molecular weight is 446 g/mol. The summed E-state index contributed by atoms with van der Waals surface area (Å²) < 4.78 is 0. The van der Waals surface area contributed by atoms with E-state index in [4.69, 9.17) is 23.2 Å². The second-order valence-corrected chi connectivity index (χ2v) is 8.14. The highest BCUT2D eigenvalue weighted by Crippen LogP contribution is 2.35. The van der Waals surface area contributed by atoms with E-state index in [-0.39, 0.29) is 36.3 Å². The van der Waals surface area contributed by atoms with E-state index >= 15 is 0 Å². The van der Waals surface area contributed by atoms with Gasteiger partial charge in [-0.05, 0) is 37.6 Å². The monoisotopic (exact) mass is 445 g/mol. The molecule has 0 aromatic heterocycles. The Morgan fingerprint density at radius 2 is 1.50 bits per heavy atom. The molecule has 0 aliphatic carbocycles. The van der Waals surface area contributed by atoms with Crippen molar-refractivity contribution >= 4 is 47.0 Å². The second-order valence-electron chi connectivity index (χ2n) is 7.30. The van der Waals surface area contributed by atoms with Crippen LogP contribution in [0.2, 0.25) is 10.0 Å². The number of nitrogens with zero attached hydrogens (tertiary/aromatic N) is 2. The van der Waals surface area contributed by atoms with Crippen molar-refractivity contribution in [3.05, 3.63) is 69.2 Å². The Labute approximate surface area is 182 Å². The third-order valence-electron chi connectivity index (χ3n) is 5.39. The van der Waals surface area contributed by atoms with E-state index < -0.39 is 17.5 Å². The quantitative estimate of drug-likeness (QED) is 0.563. The molecule has 0 unspecified atom stereocenters. The summed E-state index contributed by atoms with van der Waals surface area (Å²) in [5.74, 6) is -1.20. The van der Waals surface area contributed by atoms with Crippen molar-refractivity contribution in [3.8, 4) is 0 Å². The van der Waals surface area contributed by atoms with Gasteiger partial charge in [-0.15, -0.1) is 0 Å². The van der Waals surface area contributed by atoms with Crippen molar-refractivity contribution < 1.29 is 19.2 Å². The average Bonchev–Trinajstić information content (AvgIpc) is 3.07. The summed E-state index contributed by atoms with van der Waals surface area (Å²) in [6.45, 7) is 1.73. The van der Waals surface area contributed by atoms with Gasteiger partial charge in [-0.2, -0.15) is 0 Å². The van der Waals surface area contributed by atoms with Gasteiger partial charge in [0.05, 0.1) is 11.1 Å². The molecule has 2 heterocycles. The molecule has 1 saturated heterocycles. The third kappa shape index (κ3) is 3.14. The van der Waals surface area contributed by atoms with E-state index in [0.29, 0.717) is 21.7 Å². The summed E-state index contributed by atoms with van der Waals surface area (Å²) in [5.41, 5.74) is -0.159. The van der Waals surface area contributed by atoms with Crippen LogP contribution in [-0.2, 0) is 10.3 Å². The molecule has 154 valence electrons. The van der Waals surface area contributed by atoms with Gasteiger partial charge in [0, 0.05) is 28.7 Å². The third-order valence-corrected chi connectivity index (χ3v) is 5.93. The van der Waals surface area contributed by atoms with E-state index in [1.807, 2.05) is 0 Å². The van der Waals surface area contributed by atoms with Gasteiger partial charge < -0.3 is 5.32 Å². The van der Waals surface area contributed by atoms with Gasteiger partial charge in [-0.1, -0.05) is 41.4 Å². The zero-order valence-corrected chi connectivity index (χ0v) is 17.5. The number of hydrogen-bond acceptors (Lipinski definition) is 4. The van der Waals surface area contributed by atoms with Crippen LogP contribution in [0.5, 0.6) is 0 Å². The molecule has 0 spiro atoms. The number of urea groups is 1. The van der Waals surface area contributed by atoms with Crippen LogP contribution in [0.4, 0.5) is 4.79 Å². The van der Waals surface area contributed by atoms with Gasteiger partial charge in [0.1, 0.15) is 5.54 Å². The maximum absolute atomic E-state index is 13.0. The SMILES string of the molecule is C[C@]1(c2ccc(Cl)cc2Cl)NC(=O)N(CCCN2C(=O)c3ccccc3C2=O)C1=O. The minimum atomic E-state index is -1.33. The van der Waals surface area contributed by atoms with Crippen molar-refractivity contribution in [2.24, 2.45) is 0 Å². The van der Waals surface area contributed by atoms with E-state index in [2.05, 4.69) is 5.32 Å². The highest BCUT2D eigenvalue weighted by Gasteiger charge is 2.49. The number of amides is 5. The molecule has 1 fully saturated rings. The van der Waals surface area contributed by atoms with Gasteiger partial charge >= 0.3 is 6.03 Å². The number of nitrogens with one attached hydrogen (secondary N) is 1. The largest absolute Gasteiger partial charge is 0.325 e. The lowest BCUT2D eigenvalue weighted by atomic mass is 9.92. The van der Waals surface area contributed by atoms with Crippen molar-refractivity contribution in [2.75, 3.05) is 13.1 Å². The summed E-state index contributed by atoms with van der Waals surface area (Å²) in [7, 11) is 0. The Bertz CT molecular complexity index is 1070. The van der Waals surface area contributed by atoms with Gasteiger partial charge in [0.25, 0.3) is 17.7 Å². The number of hydrogen-bond donors (Lipinski definition) is 1. The lowest BCUT2D eigenvalue weighted by Gasteiger charge is -2.23. The summed E-state index contributed by atoms with van der Waals surface area (Å²) >= 11 is 12.2. The molecule has 1 atom stereocenters. The zero-order valence-electron chi connectivity index (χ0n) is 15.9. The van der Waals surface area contributed by atoms with E-state index in [0.717, 1.165) is 9.80 Å².